The number of hydrogen-bond donors (Lipinski definition) is 1. The van der Waals surface area contributed by atoms with Gasteiger partial charge in [0.1, 0.15) is 5.01 Å². The smallest absolute Gasteiger partial charge is 0.209 e. The normalized spacial score (nSPS) is 12.0. The largest absolute Gasteiger partial charge is 0.329 e. The monoisotopic (exact) mass is 298 g/mol. The zero-order chi connectivity index (χ0) is 13.9. The van der Waals surface area contributed by atoms with Gasteiger partial charge < -0.3 is 5.73 Å². The summed E-state index contributed by atoms with van der Waals surface area (Å²) in [4.78, 5) is 4.65. The molecule has 0 bridgehead atoms. The van der Waals surface area contributed by atoms with Crippen LogP contribution in [0.1, 0.15) is 31.5 Å². The molecule has 0 aliphatic carbocycles. The van der Waals surface area contributed by atoms with E-state index in [4.69, 9.17) is 5.73 Å². The minimum Gasteiger partial charge on any atom is -0.329 e. The minimum atomic E-state index is 0.0978. The van der Waals surface area contributed by atoms with E-state index in [9.17, 15) is 0 Å². The zero-order valence-corrected chi connectivity index (χ0v) is 13.0. The SMILES string of the molecule is CC(C)(C)c1csc(CSc2nnnn2CCN)n1. The Morgan fingerprint density at radius 2 is 2.21 bits per heavy atom. The highest BCUT2D eigenvalue weighted by Crippen LogP contribution is 2.27. The third-order valence-electron chi connectivity index (χ3n) is 2.48. The Labute approximate surface area is 120 Å². The van der Waals surface area contributed by atoms with Crippen LogP contribution >= 0.6 is 23.1 Å². The van der Waals surface area contributed by atoms with Crippen LogP contribution in [-0.4, -0.2) is 31.7 Å². The number of aromatic nitrogens is 5. The van der Waals surface area contributed by atoms with Crippen LogP contribution in [0.5, 0.6) is 0 Å². The highest BCUT2D eigenvalue weighted by molar-refractivity contribution is 7.98. The molecule has 19 heavy (non-hydrogen) atoms. The van der Waals surface area contributed by atoms with Crippen molar-refractivity contribution >= 4 is 23.1 Å². The summed E-state index contributed by atoms with van der Waals surface area (Å²) in [6, 6.07) is 0. The van der Waals surface area contributed by atoms with Crippen molar-refractivity contribution in [2.24, 2.45) is 5.73 Å². The summed E-state index contributed by atoms with van der Waals surface area (Å²) in [6.45, 7) is 7.67. The first-order valence-corrected chi connectivity index (χ1v) is 7.91. The molecule has 2 heterocycles. The van der Waals surface area contributed by atoms with Crippen molar-refractivity contribution in [2.45, 2.75) is 43.6 Å². The van der Waals surface area contributed by atoms with E-state index in [1.807, 2.05) is 0 Å². The first-order valence-electron chi connectivity index (χ1n) is 6.04. The quantitative estimate of drug-likeness (QED) is 0.846. The van der Waals surface area contributed by atoms with Gasteiger partial charge in [-0.05, 0) is 10.4 Å². The third-order valence-corrected chi connectivity index (χ3v) is 4.48. The lowest BCUT2D eigenvalue weighted by Crippen LogP contribution is -2.12. The topological polar surface area (TPSA) is 82.5 Å². The average Bonchev–Trinajstić information content (AvgIpc) is 2.94. The number of hydrogen-bond acceptors (Lipinski definition) is 7. The van der Waals surface area contributed by atoms with Gasteiger partial charge in [-0.2, -0.15) is 0 Å². The highest BCUT2D eigenvalue weighted by atomic mass is 32.2. The second-order valence-corrected chi connectivity index (χ2v) is 7.02. The van der Waals surface area contributed by atoms with Crippen LogP contribution in [0, 0.1) is 0 Å². The molecule has 0 spiro atoms. The second-order valence-electron chi connectivity index (χ2n) is 5.14. The molecule has 6 nitrogen and oxygen atoms in total. The summed E-state index contributed by atoms with van der Waals surface area (Å²) in [5, 5.41) is 15.6. The molecule has 0 atom stereocenters. The summed E-state index contributed by atoms with van der Waals surface area (Å²) in [5.41, 5.74) is 6.74. The molecule has 2 aromatic rings. The lowest BCUT2D eigenvalue weighted by Gasteiger charge is -2.14. The fourth-order valence-electron chi connectivity index (χ4n) is 1.41. The Morgan fingerprint density at radius 1 is 1.42 bits per heavy atom. The first-order chi connectivity index (χ1) is 9.00. The molecule has 0 radical (unpaired) electrons. The van der Waals surface area contributed by atoms with Crippen LogP contribution in [0.2, 0.25) is 0 Å². The molecule has 0 saturated carbocycles. The van der Waals surface area contributed by atoms with E-state index >= 15 is 0 Å². The molecule has 0 unspecified atom stereocenters. The lowest BCUT2D eigenvalue weighted by molar-refractivity contribution is 0.556. The van der Waals surface area contributed by atoms with Crippen LogP contribution in [0.3, 0.4) is 0 Å². The van der Waals surface area contributed by atoms with Crippen LogP contribution in [0.4, 0.5) is 0 Å². The maximum Gasteiger partial charge on any atom is 0.209 e. The van der Waals surface area contributed by atoms with Crippen molar-refractivity contribution in [2.75, 3.05) is 6.54 Å². The maximum absolute atomic E-state index is 5.51. The maximum atomic E-state index is 5.51. The van der Waals surface area contributed by atoms with Gasteiger partial charge in [0, 0.05) is 17.3 Å². The second kappa shape index (κ2) is 5.98. The summed E-state index contributed by atoms with van der Waals surface area (Å²) >= 11 is 3.27. The van der Waals surface area contributed by atoms with Crippen molar-refractivity contribution in [1.29, 1.82) is 0 Å². The van der Waals surface area contributed by atoms with Crippen LogP contribution < -0.4 is 5.73 Å². The van der Waals surface area contributed by atoms with Crippen molar-refractivity contribution in [3.8, 4) is 0 Å². The van der Waals surface area contributed by atoms with Crippen molar-refractivity contribution in [3.05, 3.63) is 16.1 Å². The molecule has 0 amide bonds. The summed E-state index contributed by atoms with van der Waals surface area (Å²) in [6.07, 6.45) is 0. The van der Waals surface area contributed by atoms with Gasteiger partial charge in [0.25, 0.3) is 0 Å². The third kappa shape index (κ3) is 3.74. The molecule has 0 fully saturated rings. The molecule has 0 aliphatic rings. The molecule has 0 aliphatic heterocycles. The van der Waals surface area contributed by atoms with Crippen LogP contribution in [0.25, 0.3) is 0 Å². The van der Waals surface area contributed by atoms with Gasteiger partial charge in [-0.3, -0.25) is 0 Å². The van der Waals surface area contributed by atoms with E-state index in [-0.39, 0.29) is 5.41 Å². The van der Waals surface area contributed by atoms with Gasteiger partial charge in [-0.15, -0.1) is 16.4 Å². The molecule has 104 valence electrons. The van der Waals surface area contributed by atoms with Crippen molar-refractivity contribution < 1.29 is 0 Å². The van der Waals surface area contributed by atoms with Crippen molar-refractivity contribution in [1.82, 2.24) is 25.2 Å². The fraction of sp³-hybridized carbons (Fsp3) is 0.636. The Morgan fingerprint density at radius 3 is 2.84 bits per heavy atom. The molecule has 2 rings (SSSR count). The number of thioether (sulfide) groups is 1. The predicted octanol–water partition coefficient (Wildman–Crippen LogP) is 1.68. The van der Waals surface area contributed by atoms with E-state index in [0.717, 1.165) is 21.6 Å². The fourth-order valence-corrected chi connectivity index (χ4v) is 3.35. The van der Waals surface area contributed by atoms with Gasteiger partial charge in [0.2, 0.25) is 5.16 Å². The van der Waals surface area contributed by atoms with E-state index in [2.05, 4.69) is 46.7 Å². The Balaban J connectivity index is 1.99. The van der Waals surface area contributed by atoms with Crippen LogP contribution in [0.15, 0.2) is 10.5 Å². The van der Waals surface area contributed by atoms with Gasteiger partial charge in [-0.25, -0.2) is 9.67 Å². The van der Waals surface area contributed by atoms with Crippen molar-refractivity contribution in [3.63, 3.8) is 0 Å². The average molecular weight is 298 g/mol. The number of rotatable bonds is 5. The first kappa shape index (κ1) is 14.4. The number of tetrazole rings is 1. The Hall–Kier alpha value is -0.990. The molecular weight excluding hydrogens is 280 g/mol. The van der Waals surface area contributed by atoms with E-state index in [0.29, 0.717) is 13.1 Å². The zero-order valence-electron chi connectivity index (χ0n) is 11.3. The summed E-state index contributed by atoms with van der Waals surface area (Å²) < 4.78 is 1.73. The van der Waals surface area contributed by atoms with Gasteiger partial charge in [0.05, 0.1) is 18.0 Å². The minimum absolute atomic E-state index is 0.0978. The number of nitrogens with zero attached hydrogens (tertiary/aromatic N) is 5. The molecular formula is C11H18N6S2. The molecule has 2 N–H and O–H groups in total. The standard InChI is InChI=1S/C11H18N6S2/c1-11(2,3)8-6-18-9(13-8)7-19-10-14-15-16-17(10)5-4-12/h6H,4-5,7,12H2,1-3H3. The molecule has 2 aromatic heterocycles. The highest BCUT2D eigenvalue weighted by Gasteiger charge is 2.17. The van der Waals surface area contributed by atoms with Crippen LogP contribution in [-0.2, 0) is 17.7 Å². The number of nitrogens with two attached hydrogens (primary N) is 1. The summed E-state index contributed by atoms with van der Waals surface area (Å²) in [5.74, 6) is 0.783. The molecule has 0 aromatic carbocycles. The van der Waals surface area contributed by atoms with Gasteiger partial charge in [-0.1, -0.05) is 32.5 Å². The summed E-state index contributed by atoms with van der Waals surface area (Å²) in [7, 11) is 0. The Bertz CT molecular complexity index is 527. The molecule has 8 heteroatoms. The van der Waals surface area contributed by atoms with E-state index < -0.39 is 0 Å². The van der Waals surface area contributed by atoms with Gasteiger partial charge in [0.15, 0.2) is 0 Å². The molecule has 0 saturated heterocycles. The predicted molar refractivity (Wildman–Crippen MR) is 77.2 cm³/mol. The lowest BCUT2D eigenvalue weighted by atomic mass is 9.93. The number of thiazole rings is 1. The van der Waals surface area contributed by atoms with E-state index in [1.54, 1.807) is 27.8 Å². The van der Waals surface area contributed by atoms with E-state index in [1.165, 1.54) is 0 Å². The van der Waals surface area contributed by atoms with Gasteiger partial charge >= 0.3 is 0 Å². The Kier molecular flexibility index (Phi) is 4.54.